The molecular formula is C10H9N5. The van der Waals surface area contributed by atoms with Gasteiger partial charge in [-0.2, -0.15) is 10.4 Å². The van der Waals surface area contributed by atoms with Crippen molar-refractivity contribution in [1.29, 1.82) is 5.26 Å². The highest BCUT2D eigenvalue weighted by Crippen LogP contribution is 2.17. The molecule has 2 heterocycles. The van der Waals surface area contributed by atoms with E-state index in [0.717, 1.165) is 11.3 Å². The Morgan fingerprint density at radius 2 is 2.27 bits per heavy atom. The highest BCUT2D eigenvalue weighted by Gasteiger charge is 2.09. The van der Waals surface area contributed by atoms with E-state index in [1.54, 1.807) is 12.4 Å². The van der Waals surface area contributed by atoms with Crippen LogP contribution in [0.15, 0.2) is 24.7 Å². The molecule has 0 atom stereocenters. The van der Waals surface area contributed by atoms with Crippen LogP contribution in [0.4, 0.5) is 5.82 Å². The van der Waals surface area contributed by atoms with Gasteiger partial charge in [0.15, 0.2) is 0 Å². The fraction of sp³-hybridized carbons (Fsp3) is 0.100. The number of nitrogen functional groups attached to an aromatic ring is 1. The zero-order valence-electron chi connectivity index (χ0n) is 8.18. The highest BCUT2D eigenvalue weighted by molar-refractivity contribution is 5.53. The lowest BCUT2D eigenvalue weighted by Gasteiger charge is -2.05. The van der Waals surface area contributed by atoms with Crippen molar-refractivity contribution >= 4 is 5.82 Å². The number of anilines is 1. The fourth-order valence-corrected chi connectivity index (χ4v) is 1.31. The average molecular weight is 199 g/mol. The van der Waals surface area contributed by atoms with Crippen LogP contribution in [-0.4, -0.2) is 14.8 Å². The highest BCUT2D eigenvalue weighted by atomic mass is 15.3. The molecular weight excluding hydrogens is 190 g/mol. The monoisotopic (exact) mass is 199 g/mol. The molecule has 15 heavy (non-hydrogen) atoms. The summed E-state index contributed by atoms with van der Waals surface area (Å²) in [5.41, 5.74) is 7.93. The zero-order valence-corrected chi connectivity index (χ0v) is 8.18. The Bertz CT molecular complexity index is 535. The van der Waals surface area contributed by atoms with E-state index in [1.165, 1.54) is 10.9 Å². The second-order valence-corrected chi connectivity index (χ2v) is 3.13. The number of aryl methyl sites for hydroxylation is 1. The van der Waals surface area contributed by atoms with Crippen LogP contribution in [0.25, 0.3) is 5.69 Å². The van der Waals surface area contributed by atoms with Crippen LogP contribution < -0.4 is 5.73 Å². The topological polar surface area (TPSA) is 80.5 Å². The molecule has 0 aromatic carbocycles. The second kappa shape index (κ2) is 3.42. The van der Waals surface area contributed by atoms with Crippen molar-refractivity contribution in [2.75, 3.05) is 5.73 Å². The van der Waals surface area contributed by atoms with Crippen molar-refractivity contribution in [3.05, 3.63) is 35.8 Å². The van der Waals surface area contributed by atoms with E-state index >= 15 is 0 Å². The van der Waals surface area contributed by atoms with Gasteiger partial charge in [-0.3, -0.25) is 4.98 Å². The Hall–Kier alpha value is -2.35. The smallest absolute Gasteiger partial charge is 0.145 e. The lowest BCUT2D eigenvalue weighted by atomic mass is 10.2. The van der Waals surface area contributed by atoms with Crippen LogP contribution in [-0.2, 0) is 0 Å². The lowest BCUT2D eigenvalue weighted by molar-refractivity contribution is 0.876. The third kappa shape index (κ3) is 1.42. The normalized spacial score (nSPS) is 9.87. The Kier molecular flexibility index (Phi) is 2.10. The molecule has 2 rings (SSSR count). The molecule has 0 aliphatic heterocycles. The summed E-state index contributed by atoms with van der Waals surface area (Å²) < 4.78 is 1.51. The maximum Gasteiger partial charge on any atom is 0.145 e. The van der Waals surface area contributed by atoms with Gasteiger partial charge in [-0.05, 0) is 18.6 Å². The van der Waals surface area contributed by atoms with Crippen molar-refractivity contribution in [2.45, 2.75) is 6.92 Å². The molecule has 5 heteroatoms. The maximum absolute atomic E-state index is 8.75. The first-order valence-corrected chi connectivity index (χ1v) is 4.38. The summed E-state index contributed by atoms with van der Waals surface area (Å²) in [5.74, 6) is 0.341. The number of aromatic nitrogens is 3. The number of nitriles is 1. The number of hydrogen-bond donors (Lipinski definition) is 1. The maximum atomic E-state index is 8.75. The minimum absolute atomic E-state index is 0.341. The molecule has 0 aliphatic carbocycles. The van der Waals surface area contributed by atoms with Gasteiger partial charge in [0.25, 0.3) is 0 Å². The van der Waals surface area contributed by atoms with Crippen molar-refractivity contribution in [3.8, 4) is 11.8 Å². The summed E-state index contributed by atoms with van der Waals surface area (Å²) in [7, 11) is 0. The predicted molar refractivity (Wildman–Crippen MR) is 55.2 cm³/mol. The first-order chi connectivity index (χ1) is 7.24. The van der Waals surface area contributed by atoms with Gasteiger partial charge in [0.2, 0.25) is 0 Å². The van der Waals surface area contributed by atoms with Crippen LogP contribution in [0.3, 0.4) is 0 Å². The van der Waals surface area contributed by atoms with Crippen LogP contribution in [0.1, 0.15) is 11.1 Å². The largest absolute Gasteiger partial charge is 0.382 e. The van der Waals surface area contributed by atoms with Gasteiger partial charge >= 0.3 is 0 Å². The lowest BCUT2D eigenvalue weighted by Crippen LogP contribution is -2.04. The first kappa shape index (κ1) is 9.21. The minimum Gasteiger partial charge on any atom is -0.382 e. The molecule has 0 radical (unpaired) electrons. The van der Waals surface area contributed by atoms with Crippen LogP contribution in [0.5, 0.6) is 0 Å². The van der Waals surface area contributed by atoms with Crippen molar-refractivity contribution in [1.82, 2.24) is 14.8 Å². The summed E-state index contributed by atoms with van der Waals surface area (Å²) in [4.78, 5) is 4.00. The molecule has 2 N–H and O–H groups in total. The van der Waals surface area contributed by atoms with E-state index in [0.29, 0.717) is 11.4 Å². The molecule has 0 spiro atoms. The molecule has 0 fully saturated rings. The van der Waals surface area contributed by atoms with Gasteiger partial charge in [-0.15, -0.1) is 0 Å². The van der Waals surface area contributed by atoms with E-state index in [2.05, 4.69) is 10.1 Å². The molecule has 2 aromatic rings. The number of hydrogen-bond acceptors (Lipinski definition) is 4. The summed E-state index contributed by atoms with van der Waals surface area (Å²) in [5, 5.41) is 12.8. The second-order valence-electron chi connectivity index (χ2n) is 3.13. The van der Waals surface area contributed by atoms with E-state index in [1.807, 2.05) is 19.1 Å². The Morgan fingerprint density at radius 3 is 2.87 bits per heavy atom. The van der Waals surface area contributed by atoms with Gasteiger partial charge in [0, 0.05) is 6.20 Å². The third-order valence-electron chi connectivity index (χ3n) is 2.17. The van der Waals surface area contributed by atoms with Crippen molar-refractivity contribution in [2.24, 2.45) is 0 Å². The van der Waals surface area contributed by atoms with Crippen LogP contribution in [0.2, 0.25) is 0 Å². The average Bonchev–Trinajstić information content (AvgIpc) is 2.60. The third-order valence-corrected chi connectivity index (χ3v) is 2.17. The SMILES string of the molecule is Cc1ccncc1-n1ncc(C#N)c1N. The van der Waals surface area contributed by atoms with Gasteiger partial charge in [0.05, 0.1) is 18.1 Å². The molecule has 0 aliphatic rings. The Morgan fingerprint density at radius 1 is 1.47 bits per heavy atom. The van der Waals surface area contributed by atoms with Gasteiger partial charge in [-0.25, -0.2) is 4.68 Å². The molecule has 0 bridgehead atoms. The molecule has 5 nitrogen and oxygen atoms in total. The van der Waals surface area contributed by atoms with Crippen LogP contribution >= 0.6 is 0 Å². The first-order valence-electron chi connectivity index (χ1n) is 4.38. The van der Waals surface area contributed by atoms with Crippen molar-refractivity contribution in [3.63, 3.8) is 0 Å². The fourth-order valence-electron chi connectivity index (χ4n) is 1.31. The van der Waals surface area contributed by atoms with Crippen molar-refractivity contribution < 1.29 is 0 Å². The predicted octanol–water partition coefficient (Wildman–Crippen LogP) is 1.03. The zero-order chi connectivity index (χ0) is 10.8. The molecule has 2 aromatic heterocycles. The number of nitrogens with two attached hydrogens (primary N) is 1. The molecule has 0 unspecified atom stereocenters. The number of nitrogens with zero attached hydrogens (tertiary/aromatic N) is 4. The quantitative estimate of drug-likeness (QED) is 0.743. The van der Waals surface area contributed by atoms with E-state index in [-0.39, 0.29) is 0 Å². The number of rotatable bonds is 1. The molecule has 0 amide bonds. The summed E-state index contributed by atoms with van der Waals surface area (Å²) in [6, 6.07) is 3.84. The molecule has 0 saturated heterocycles. The minimum atomic E-state index is 0.341. The van der Waals surface area contributed by atoms with E-state index in [9.17, 15) is 0 Å². The Labute approximate surface area is 86.8 Å². The van der Waals surface area contributed by atoms with Gasteiger partial charge in [-0.1, -0.05) is 0 Å². The van der Waals surface area contributed by atoms with E-state index in [4.69, 9.17) is 11.0 Å². The number of pyridine rings is 1. The van der Waals surface area contributed by atoms with E-state index < -0.39 is 0 Å². The molecule has 0 saturated carbocycles. The van der Waals surface area contributed by atoms with Crippen LogP contribution in [0, 0.1) is 18.3 Å². The Balaban J connectivity index is 2.61. The summed E-state index contributed by atoms with van der Waals surface area (Å²) >= 11 is 0. The standard InChI is InChI=1S/C10H9N5/c1-7-2-3-13-6-9(7)15-10(12)8(4-11)5-14-15/h2-3,5-6H,12H2,1H3. The van der Waals surface area contributed by atoms with Gasteiger partial charge < -0.3 is 5.73 Å². The van der Waals surface area contributed by atoms with Gasteiger partial charge in [0.1, 0.15) is 17.5 Å². The molecule has 74 valence electrons. The summed E-state index contributed by atoms with van der Waals surface area (Å²) in [6.07, 6.45) is 4.81. The summed E-state index contributed by atoms with van der Waals surface area (Å²) in [6.45, 7) is 1.93.